The summed E-state index contributed by atoms with van der Waals surface area (Å²) in [5.41, 5.74) is 1.05. The maximum absolute atomic E-state index is 12.0. The van der Waals surface area contributed by atoms with Gasteiger partial charge in [-0.15, -0.1) is 11.3 Å². The third kappa shape index (κ3) is 4.34. The fraction of sp³-hybridized carbons (Fsp3) is 0.462. The normalized spacial score (nSPS) is 11.9. The van der Waals surface area contributed by atoms with Crippen molar-refractivity contribution in [3.8, 4) is 0 Å². The molecular formula is C13H17NO5S. The van der Waals surface area contributed by atoms with E-state index in [-0.39, 0.29) is 12.8 Å². The molecule has 0 saturated heterocycles. The summed E-state index contributed by atoms with van der Waals surface area (Å²) < 4.78 is 0. The number of rotatable bonds is 7. The van der Waals surface area contributed by atoms with Crippen molar-refractivity contribution in [3.05, 3.63) is 21.4 Å². The molecule has 3 N–H and O–H groups in total. The van der Waals surface area contributed by atoms with E-state index >= 15 is 0 Å². The number of hydrogen-bond donors (Lipinski definition) is 3. The van der Waals surface area contributed by atoms with Gasteiger partial charge in [-0.25, -0.2) is 4.79 Å². The molecule has 0 aromatic carbocycles. The highest BCUT2D eigenvalue weighted by Gasteiger charge is 2.22. The Morgan fingerprint density at radius 1 is 1.35 bits per heavy atom. The predicted octanol–water partition coefficient (Wildman–Crippen LogP) is 1.67. The van der Waals surface area contributed by atoms with Crippen LogP contribution >= 0.6 is 11.3 Å². The fourth-order valence-corrected chi connectivity index (χ4v) is 2.75. The number of thiophene rings is 1. The number of carbonyl (C=O) groups is 3. The lowest BCUT2D eigenvalue weighted by molar-refractivity contribution is -0.140. The van der Waals surface area contributed by atoms with Crippen LogP contribution in [0.25, 0.3) is 0 Å². The van der Waals surface area contributed by atoms with Gasteiger partial charge in [0.2, 0.25) is 0 Å². The molecule has 0 aliphatic carbocycles. The summed E-state index contributed by atoms with van der Waals surface area (Å²) in [5.74, 6) is -2.80. The molecule has 20 heavy (non-hydrogen) atoms. The van der Waals surface area contributed by atoms with Gasteiger partial charge in [0.05, 0.1) is 4.88 Å². The van der Waals surface area contributed by atoms with Crippen molar-refractivity contribution in [1.82, 2.24) is 5.32 Å². The predicted molar refractivity (Wildman–Crippen MR) is 74.2 cm³/mol. The summed E-state index contributed by atoms with van der Waals surface area (Å²) in [4.78, 5) is 34.9. The maximum Gasteiger partial charge on any atom is 0.326 e. The second-order valence-corrected chi connectivity index (χ2v) is 5.60. The third-order valence-electron chi connectivity index (χ3n) is 2.88. The van der Waals surface area contributed by atoms with Gasteiger partial charge in [-0.1, -0.05) is 6.92 Å². The molecule has 0 saturated carbocycles. The molecule has 1 heterocycles. The first kappa shape index (κ1) is 16.2. The Balaban J connectivity index is 2.74. The standard InChI is InChI=1S/C13H17NO5S/c1-3-8-6-10(20-7(8)2)12(17)14-9(13(18)19)4-5-11(15)16/h6,9H,3-5H2,1-2H3,(H,14,17)(H,15,16)(H,18,19). The summed E-state index contributed by atoms with van der Waals surface area (Å²) in [5, 5.41) is 19.9. The average Bonchev–Trinajstić information content (AvgIpc) is 2.75. The Hall–Kier alpha value is -1.89. The van der Waals surface area contributed by atoms with Gasteiger partial charge in [0, 0.05) is 11.3 Å². The van der Waals surface area contributed by atoms with Gasteiger partial charge in [-0.05, 0) is 31.4 Å². The van der Waals surface area contributed by atoms with Crippen molar-refractivity contribution in [2.75, 3.05) is 0 Å². The van der Waals surface area contributed by atoms with Crippen molar-refractivity contribution in [2.45, 2.75) is 39.2 Å². The van der Waals surface area contributed by atoms with Crippen LogP contribution in [0, 0.1) is 6.92 Å². The van der Waals surface area contributed by atoms with Gasteiger partial charge in [0.25, 0.3) is 5.91 Å². The number of aryl methyl sites for hydroxylation is 2. The molecular weight excluding hydrogens is 282 g/mol. The first-order valence-electron chi connectivity index (χ1n) is 6.19. The van der Waals surface area contributed by atoms with Crippen LogP contribution in [0.4, 0.5) is 0 Å². The van der Waals surface area contributed by atoms with Gasteiger partial charge < -0.3 is 15.5 Å². The van der Waals surface area contributed by atoms with E-state index in [1.165, 1.54) is 11.3 Å². The number of amides is 1. The van der Waals surface area contributed by atoms with E-state index in [2.05, 4.69) is 5.32 Å². The van der Waals surface area contributed by atoms with Crippen molar-refractivity contribution in [3.63, 3.8) is 0 Å². The average molecular weight is 299 g/mol. The van der Waals surface area contributed by atoms with Gasteiger partial charge in [-0.2, -0.15) is 0 Å². The number of carbonyl (C=O) groups excluding carboxylic acids is 1. The molecule has 1 aromatic rings. The van der Waals surface area contributed by atoms with E-state index in [0.29, 0.717) is 4.88 Å². The molecule has 1 unspecified atom stereocenters. The second-order valence-electron chi connectivity index (χ2n) is 4.34. The minimum Gasteiger partial charge on any atom is -0.481 e. The number of carboxylic acid groups (broad SMARTS) is 2. The molecule has 7 heteroatoms. The lowest BCUT2D eigenvalue weighted by Gasteiger charge is -2.12. The quantitative estimate of drug-likeness (QED) is 0.710. The van der Waals surface area contributed by atoms with E-state index in [4.69, 9.17) is 10.2 Å². The van der Waals surface area contributed by atoms with Gasteiger partial charge in [0.1, 0.15) is 6.04 Å². The third-order valence-corrected chi connectivity index (χ3v) is 3.97. The Morgan fingerprint density at radius 3 is 2.45 bits per heavy atom. The maximum atomic E-state index is 12.0. The molecule has 0 fully saturated rings. The minimum atomic E-state index is -1.23. The molecule has 0 radical (unpaired) electrons. The highest BCUT2D eigenvalue weighted by atomic mass is 32.1. The Morgan fingerprint density at radius 2 is 2.00 bits per heavy atom. The van der Waals surface area contributed by atoms with Crippen LogP contribution in [0.5, 0.6) is 0 Å². The van der Waals surface area contributed by atoms with Crippen LogP contribution in [-0.2, 0) is 16.0 Å². The molecule has 6 nitrogen and oxygen atoms in total. The van der Waals surface area contributed by atoms with E-state index in [9.17, 15) is 14.4 Å². The first-order valence-corrected chi connectivity index (χ1v) is 7.01. The fourth-order valence-electron chi connectivity index (χ4n) is 1.74. The van der Waals surface area contributed by atoms with E-state index in [1.54, 1.807) is 6.07 Å². The van der Waals surface area contributed by atoms with Gasteiger partial charge in [-0.3, -0.25) is 9.59 Å². The van der Waals surface area contributed by atoms with Crippen LogP contribution in [0.1, 0.15) is 39.9 Å². The van der Waals surface area contributed by atoms with Crippen molar-refractivity contribution in [1.29, 1.82) is 0 Å². The smallest absolute Gasteiger partial charge is 0.326 e. The van der Waals surface area contributed by atoms with Crippen LogP contribution in [0.2, 0.25) is 0 Å². The zero-order chi connectivity index (χ0) is 15.3. The summed E-state index contributed by atoms with van der Waals surface area (Å²) in [7, 11) is 0. The van der Waals surface area contributed by atoms with Crippen LogP contribution in [0.3, 0.4) is 0 Å². The monoisotopic (exact) mass is 299 g/mol. The van der Waals surface area contributed by atoms with Crippen LogP contribution in [0.15, 0.2) is 6.07 Å². The Bertz CT molecular complexity index is 523. The van der Waals surface area contributed by atoms with Crippen molar-refractivity contribution in [2.24, 2.45) is 0 Å². The molecule has 0 bridgehead atoms. The summed E-state index contributed by atoms with van der Waals surface area (Å²) in [6.07, 6.45) is 0.360. The first-order chi connectivity index (χ1) is 9.35. The molecule has 1 amide bonds. The number of nitrogens with one attached hydrogen (secondary N) is 1. The van der Waals surface area contributed by atoms with Gasteiger partial charge >= 0.3 is 11.9 Å². The van der Waals surface area contributed by atoms with E-state index in [1.807, 2.05) is 13.8 Å². The molecule has 1 rings (SSSR count). The highest BCUT2D eigenvalue weighted by Crippen LogP contribution is 2.22. The zero-order valence-corrected chi connectivity index (χ0v) is 12.1. The molecule has 0 aliphatic heterocycles. The highest BCUT2D eigenvalue weighted by molar-refractivity contribution is 7.14. The lowest BCUT2D eigenvalue weighted by atomic mass is 10.1. The van der Waals surface area contributed by atoms with Crippen molar-refractivity contribution >= 4 is 29.2 Å². The number of hydrogen-bond acceptors (Lipinski definition) is 4. The summed E-state index contributed by atoms with van der Waals surface area (Å²) >= 11 is 1.30. The molecule has 1 aromatic heterocycles. The second kappa shape index (κ2) is 7.04. The van der Waals surface area contributed by atoms with Crippen molar-refractivity contribution < 1.29 is 24.6 Å². The lowest BCUT2D eigenvalue weighted by Crippen LogP contribution is -2.40. The van der Waals surface area contributed by atoms with Crippen LogP contribution in [-0.4, -0.2) is 34.1 Å². The zero-order valence-electron chi connectivity index (χ0n) is 11.3. The SMILES string of the molecule is CCc1cc(C(=O)NC(CCC(=O)O)C(=O)O)sc1C. The van der Waals surface area contributed by atoms with E-state index < -0.39 is 23.9 Å². The van der Waals surface area contributed by atoms with Gasteiger partial charge in [0.15, 0.2) is 0 Å². The van der Waals surface area contributed by atoms with Crippen LogP contribution < -0.4 is 5.32 Å². The molecule has 0 aliphatic rings. The minimum absolute atomic E-state index is 0.138. The molecule has 110 valence electrons. The number of aliphatic carboxylic acids is 2. The number of carboxylic acids is 2. The Labute approximate surface area is 120 Å². The van der Waals surface area contributed by atoms with E-state index in [0.717, 1.165) is 16.9 Å². The topological polar surface area (TPSA) is 104 Å². The largest absolute Gasteiger partial charge is 0.481 e. The summed E-state index contributed by atoms with van der Waals surface area (Å²) in [6.45, 7) is 3.88. The summed E-state index contributed by atoms with van der Waals surface area (Å²) in [6, 6.07) is 0.553. The molecule has 1 atom stereocenters. The Kier molecular flexibility index (Phi) is 5.69. The molecule has 0 spiro atoms.